The smallest absolute Gasteiger partial charge is 0.166 e. The number of ether oxygens (including phenoxy) is 1. The van der Waals surface area contributed by atoms with Gasteiger partial charge in [0.25, 0.3) is 0 Å². The van der Waals surface area contributed by atoms with Gasteiger partial charge >= 0.3 is 0 Å². The number of halogens is 3. The van der Waals surface area contributed by atoms with Gasteiger partial charge in [0.05, 0.1) is 23.0 Å². The number of rotatable bonds is 5. The van der Waals surface area contributed by atoms with Crippen molar-refractivity contribution in [3.8, 4) is 17.0 Å². The minimum Gasteiger partial charge on any atom is -0.482 e. The number of nitrogen functional groups attached to an aromatic ring is 1. The van der Waals surface area contributed by atoms with E-state index in [9.17, 15) is 4.39 Å². The van der Waals surface area contributed by atoms with Gasteiger partial charge in [-0.25, -0.2) is 9.37 Å². The highest BCUT2D eigenvalue weighted by Crippen LogP contribution is 2.36. The molecular formula is C20H20Cl2FN5O. The molecule has 0 spiro atoms. The average molecular weight is 436 g/mol. The van der Waals surface area contributed by atoms with E-state index in [4.69, 9.17) is 33.7 Å². The summed E-state index contributed by atoms with van der Waals surface area (Å²) in [4.78, 5) is 4.44. The molecule has 1 aliphatic heterocycles. The quantitative estimate of drug-likeness (QED) is 0.570. The molecule has 1 saturated heterocycles. The molecule has 2 aromatic heterocycles. The maximum atomic E-state index is 13.8. The molecule has 4 rings (SSSR count). The Balaban J connectivity index is 1.54. The molecule has 1 aliphatic rings. The van der Waals surface area contributed by atoms with E-state index in [1.165, 1.54) is 12.1 Å². The Labute approximate surface area is 177 Å². The standard InChI is InChI=1S/C20H20Cl2FN5O/c1-11(18-14(21)2-3-15(23)19(18)22)29-17-5-4-16(27-20(17)24)12-8-26-28(10-12)13-6-7-25-9-13/h2-5,8,10-11,13,25H,6-7,9H2,1H3,(H2,24,27). The van der Waals surface area contributed by atoms with Crippen LogP contribution in [0.25, 0.3) is 11.3 Å². The summed E-state index contributed by atoms with van der Waals surface area (Å²) in [7, 11) is 0. The minimum atomic E-state index is -0.613. The molecule has 3 N–H and O–H groups in total. The molecular weight excluding hydrogens is 416 g/mol. The van der Waals surface area contributed by atoms with Gasteiger partial charge in [-0.15, -0.1) is 0 Å². The van der Waals surface area contributed by atoms with Crippen molar-refractivity contribution in [1.82, 2.24) is 20.1 Å². The van der Waals surface area contributed by atoms with Gasteiger partial charge in [-0.2, -0.15) is 5.10 Å². The first-order chi connectivity index (χ1) is 13.9. The number of pyridine rings is 1. The number of aromatic nitrogens is 3. The molecule has 0 bridgehead atoms. The van der Waals surface area contributed by atoms with Crippen LogP contribution in [0.2, 0.25) is 10.0 Å². The summed E-state index contributed by atoms with van der Waals surface area (Å²) in [5, 5.41) is 8.02. The van der Waals surface area contributed by atoms with Crippen molar-refractivity contribution < 1.29 is 9.13 Å². The average Bonchev–Trinajstić information content (AvgIpc) is 3.38. The summed E-state index contributed by atoms with van der Waals surface area (Å²) < 4.78 is 21.6. The maximum Gasteiger partial charge on any atom is 0.166 e. The summed E-state index contributed by atoms with van der Waals surface area (Å²) in [6.07, 6.45) is 4.18. The van der Waals surface area contributed by atoms with E-state index in [0.29, 0.717) is 28.1 Å². The summed E-state index contributed by atoms with van der Waals surface area (Å²) in [6, 6.07) is 6.55. The SMILES string of the molecule is CC(Oc1ccc(-c2cnn(C3CCNC3)c2)nc1N)c1c(Cl)ccc(F)c1Cl. The van der Waals surface area contributed by atoms with Crippen molar-refractivity contribution >= 4 is 29.0 Å². The number of anilines is 1. The Bertz CT molecular complexity index is 1040. The van der Waals surface area contributed by atoms with Gasteiger partial charge in [-0.3, -0.25) is 4.68 Å². The Kier molecular flexibility index (Phi) is 5.63. The predicted molar refractivity (Wildman–Crippen MR) is 112 cm³/mol. The Morgan fingerprint density at radius 3 is 2.86 bits per heavy atom. The second kappa shape index (κ2) is 8.18. The highest BCUT2D eigenvalue weighted by atomic mass is 35.5. The van der Waals surface area contributed by atoms with Gasteiger partial charge in [0.2, 0.25) is 0 Å². The number of nitrogens with zero attached hydrogens (tertiary/aromatic N) is 3. The second-order valence-electron chi connectivity index (χ2n) is 6.95. The molecule has 0 radical (unpaired) electrons. The summed E-state index contributed by atoms with van der Waals surface area (Å²) in [6.45, 7) is 3.63. The van der Waals surface area contributed by atoms with Gasteiger partial charge in [-0.1, -0.05) is 23.2 Å². The van der Waals surface area contributed by atoms with E-state index in [1.54, 1.807) is 25.3 Å². The topological polar surface area (TPSA) is 78.0 Å². The third kappa shape index (κ3) is 4.03. The first-order valence-electron chi connectivity index (χ1n) is 9.26. The molecule has 29 heavy (non-hydrogen) atoms. The molecule has 9 heteroatoms. The molecule has 1 fully saturated rings. The zero-order chi connectivity index (χ0) is 20.5. The Hall–Kier alpha value is -2.35. The summed E-state index contributed by atoms with van der Waals surface area (Å²) in [5.74, 6) is 0.0238. The van der Waals surface area contributed by atoms with E-state index in [0.717, 1.165) is 25.1 Å². The van der Waals surface area contributed by atoms with Gasteiger partial charge < -0.3 is 15.8 Å². The van der Waals surface area contributed by atoms with Crippen LogP contribution in [0.15, 0.2) is 36.7 Å². The minimum absolute atomic E-state index is 0.0676. The molecule has 0 saturated carbocycles. The lowest BCUT2D eigenvalue weighted by Crippen LogP contribution is -2.13. The fraction of sp³-hybridized carbons (Fsp3) is 0.300. The Morgan fingerprint density at radius 1 is 1.31 bits per heavy atom. The lowest BCUT2D eigenvalue weighted by Gasteiger charge is -2.19. The van der Waals surface area contributed by atoms with Crippen LogP contribution in [-0.4, -0.2) is 27.9 Å². The van der Waals surface area contributed by atoms with Crippen LogP contribution in [0.3, 0.4) is 0 Å². The maximum absolute atomic E-state index is 13.8. The van der Waals surface area contributed by atoms with E-state index in [2.05, 4.69) is 15.4 Å². The fourth-order valence-corrected chi connectivity index (χ4v) is 4.10. The van der Waals surface area contributed by atoms with Crippen LogP contribution < -0.4 is 15.8 Å². The zero-order valence-corrected chi connectivity index (χ0v) is 17.2. The molecule has 3 heterocycles. The molecule has 152 valence electrons. The number of nitrogens with one attached hydrogen (secondary N) is 1. The molecule has 6 nitrogen and oxygen atoms in total. The number of hydrogen-bond donors (Lipinski definition) is 2. The lowest BCUT2D eigenvalue weighted by molar-refractivity contribution is 0.227. The van der Waals surface area contributed by atoms with Crippen molar-refractivity contribution in [1.29, 1.82) is 0 Å². The molecule has 2 unspecified atom stereocenters. The summed E-state index contributed by atoms with van der Waals surface area (Å²) in [5.41, 5.74) is 8.04. The molecule has 0 amide bonds. The van der Waals surface area contributed by atoms with Crippen LogP contribution in [0.4, 0.5) is 10.2 Å². The number of hydrogen-bond acceptors (Lipinski definition) is 5. The van der Waals surface area contributed by atoms with Gasteiger partial charge in [0.1, 0.15) is 11.9 Å². The van der Waals surface area contributed by atoms with Crippen molar-refractivity contribution in [2.75, 3.05) is 18.8 Å². The van der Waals surface area contributed by atoms with Crippen molar-refractivity contribution in [3.05, 3.63) is 58.1 Å². The van der Waals surface area contributed by atoms with Crippen LogP contribution in [0.1, 0.15) is 31.1 Å². The first-order valence-corrected chi connectivity index (χ1v) is 10.0. The van der Waals surface area contributed by atoms with Crippen LogP contribution in [-0.2, 0) is 0 Å². The molecule has 2 atom stereocenters. The number of benzene rings is 1. The van der Waals surface area contributed by atoms with Crippen molar-refractivity contribution in [3.63, 3.8) is 0 Å². The monoisotopic (exact) mass is 435 g/mol. The van der Waals surface area contributed by atoms with Crippen LogP contribution >= 0.6 is 23.2 Å². The Morgan fingerprint density at radius 2 is 2.14 bits per heavy atom. The van der Waals surface area contributed by atoms with Gasteiger partial charge in [0.15, 0.2) is 11.6 Å². The highest BCUT2D eigenvalue weighted by Gasteiger charge is 2.21. The first kappa shape index (κ1) is 19.9. The van der Waals surface area contributed by atoms with Gasteiger partial charge in [0, 0.05) is 28.9 Å². The van der Waals surface area contributed by atoms with Crippen molar-refractivity contribution in [2.45, 2.75) is 25.5 Å². The largest absolute Gasteiger partial charge is 0.482 e. The second-order valence-corrected chi connectivity index (χ2v) is 7.74. The predicted octanol–water partition coefficient (Wildman–Crippen LogP) is 4.65. The fourth-order valence-electron chi connectivity index (χ4n) is 3.42. The van der Waals surface area contributed by atoms with E-state index in [-0.39, 0.29) is 10.8 Å². The summed E-state index contributed by atoms with van der Waals surface area (Å²) >= 11 is 12.2. The van der Waals surface area contributed by atoms with Gasteiger partial charge in [-0.05, 0) is 44.2 Å². The van der Waals surface area contributed by atoms with E-state index < -0.39 is 11.9 Å². The molecule has 1 aromatic carbocycles. The van der Waals surface area contributed by atoms with Crippen LogP contribution in [0, 0.1) is 5.82 Å². The lowest BCUT2D eigenvalue weighted by atomic mass is 10.1. The van der Waals surface area contributed by atoms with E-state index in [1.807, 2.05) is 10.9 Å². The van der Waals surface area contributed by atoms with E-state index >= 15 is 0 Å². The van der Waals surface area contributed by atoms with Crippen LogP contribution in [0.5, 0.6) is 5.75 Å². The molecule has 3 aromatic rings. The normalized spacial score (nSPS) is 17.4. The third-order valence-electron chi connectivity index (χ3n) is 4.98. The van der Waals surface area contributed by atoms with Crippen molar-refractivity contribution in [2.24, 2.45) is 0 Å². The third-order valence-corrected chi connectivity index (χ3v) is 5.70. The number of nitrogens with two attached hydrogens (primary N) is 1. The zero-order valence-electron chi connectivity index (χ0n) is 15.7. The molecule has 0 aliphatic carbocycles. The highest BCUT2D eigenvalue weighted by molar-refractivity contribution is 6.36.